The van der Waals surface area contributed by atoms with Gasteiger partial charge in [-0.1, -0.05) is 6.07 Å². The van der Waals surface area contributed by atoms with Crippen molar-refractivity contribution in [3.63, 3.8) is 0 Å². The van der Waals surface area contributed by atoms with E-state index in [-0.39, 0.29) is 17.7 Å². The number of nitrogens with one attached hydrogen (secondary N) is 1. The fraction of sp³-hybridized carbons (Fsp3) is 0.533. The molecule has 7 nitrogen and oxygen atoms in total. The highest BCUT2D eigenvalue weighted by Gasteiger charge is 2.18. The van der Waals surface area contributed by atoms with Crippen LogP contribution in [0.4, 0.5) is 11.4 Å². The SMILES string of the molecule is Cc1ccc([N+](=O)[O-])cc1NC(=O)CCN1CCCC(O)C1. The third kappa shape index (κ3) is 4.51. The minimum Gasteiger partial charge on any atom is -0.392 e. The van der Waals surface area contributed by atoms with Gasteiger partial charge in [-0.05, 0) is 31.9 Å². The van der Waals surface area contributed by atoms with E-state index >= 15 is 0 Å². The molecular weight excluding hydrogens is 286 g/mol. The third-order valence-corrected chi connectivity index (χ3v) is 3.84. The van der Waals surface area contributed by atoms with Crippen molar-refractivity contribution in [1.29, 1.82) is 0 Å². The van der Waals surface area contributed by atoms with Crippen LogP contribution in [0, 0.1) is 17.0 Å². The van der Waals surface area contributed by atoms with E-state index in [2.05, 4.69) is 10.2 Å². The number of carbonyl (C=O) groups is 1. The number of hydrogen-bond donors (Lipinski definition) is 2. The average molecular weight is 307 g/mol. The molecular formula is C15H21N3O4. The van der Waals surface area contributed by atoms with E-state index in [0.717, 1.165) is 24.9 Å². The van der Waals surface area contributed by atoms with Crippen LogP contribution < -0.4 is 5.32 Å². The molecule has 1 atom stereocenters. The van der Waals surface area contributed by atoms with Crippen LogP contribution in [0.25, 0.3) is 0 Å². The monoisotopic (exact) mass is 307 g/mol. The molecule has 1 saturated heterocycles. The molecule has 1 fully saturated rings. The molecule has 0 spiro atoms. The van der Waals surface area contributed by atoms with Gasteiger partial charge in [-0.2, -0.15) is 0 Å². The number of aryl methyl sites for hydroxylation is 1. The van der Waals surface area contributed by atoms with Crippen molar-refractivity contribution < 1.29 is 14.8 Å². The molecule has 120 valence electrons. The summed E-state index contributed by atoms with van der Waals surface area (Å²) in [6.07, 6.45) is 1.74. The summed E-state index contributed by atoms with van der Waals surface area (Å²) in [5.41, 5.74) is 1.21. The summed E-state index contributed by atoms with van der Waals surface area (Å²) in [6, 6.07) is 4.41. The number of carbonyl (C=O) groups excluding carboxylic acids is 1. The highest BCUT2D eigenvalue weighted by atomic mass is 16.6. The van der Waals surface area contributed by atoms with Gasteiger partial charge in [0.15, 0.2) is 0 Å². The maximum Gasteiger partial charge on any atom is 0.271 e. The predicted molar refractivity (Wildman–Crippen MR) is 82.8 cm³/mol. The highest BCUT2D eigenvalue weighted by Crippen LogP contribution is 2.22. The summed E-state index contributed by atoms with van der Waals surface area (Å²) >= 11 is 0. The van der Waals surface area contributed by atoms with Gasteiger partial charge in [0.25, 0.3) is 5.69 Å². The lowest BCUT2D eigenvalue weighted by Crippen LogP contribution is -2.39. The number of nitro benzene ring substituents is 1. The van der Waals surface area contributed by atoms with Gasteiger partial charge in [0.2, 0.25) is 5.91 Å². The zero-order chi connectivity index (χ0) is 16.1. The van der Waals surface area contributed by atoms with E-state index in [1.165, 1.54) is 12.1 Å². The first-order valence-corrected chi connectivity index (χ1v) is 7.41. The molecule has 1 amide bonds. The first-order chi connectivity index (χ1) is 10.5. The summed E-state index contributed by atoms with van der Waals surface area (Å²) < 4.78 is 0. The number of non-ortho nitro benzene ring substituents is 1. The van der Waals surface area contributed by atoms with Crippen LogP contribution in [0.5, 0.6) is 0 Å². The molecule has 1 unspecified atom stereocenters. The van der Waals surface area contributed by atoms with Gasteiger partial charge >= 0.3 is 0 Å². The number of nitro groups is 1. The molecule has 0 bridgehead atoms. The fourth-order valence-corrected chi connectivity index (χ4v) is 2.56. The molecule has 22 heavy (non-hydrogen) atoms. The summed E-state index contributed by atoms with van der Waals surface area (Å²) in [7, 11) is 0. The maximum absolute atomic E-state index is 12.0. The Morgan fingerprint density at radius 3 is 3.00 bits per heavy atom. The molecule has 1 aliphatic heterocycles. The zero-order valence-corrected chi connectivity index (χ0v) is 12.6. The van der Waals surface area contributed by atoms with Gasteiger partial charge < -0.3 is 15.3 Å². The molecule has 1 aromatic rings. The largest absolute Gasteiger partial charge is 0.392 e. The highest BCUT2D eigenvalue weighted by molar-refractivity contribution is 5.92. The maximum atomic E-state index is 12.0. The van der Waals surface area contributed by atoms with Crippen LogP contribution in [-0.2, 0) is 4.79 Å². The van der Waals surface area contributed by atoms with Crippen molar-refractivity contribution in [2.75, 3.05) is 25.0 Å². The molecule has 7 heteroatoms. The Bertz CT molecular complexity index is 562. The van der Waals surface area contributed by atoms with Gasteiger partial charge in [0.05, 0.1) is 16.7 Å². The quantitative estimate of drug-likeness (QED) is 0.637. The summed E-state index contributed by atoms with van der Waals surface area (Å²) in [6.45, 7) is 3.86. The standard InChI is InChI=1S/C15H21N3O4/c1-11-4-5-12(18(21)22)9-14(11)16-15(20)6-8-17-7-2-3-13(19)10-17/h4-5,9,13,19H,2-3,6-8,10H2,1H3,(H,16,20). The lowest BCUT2D eigenvalue weighted by molar-refractivity contribution is -0.384. The molecule has 2 N–H and O–H groups in total. The second-order valence-electron chi connectivity index (χ2n) is 5.65. The Kier molecular flexibility index (Phi) is 5.46. The minimum atomic E-state index is -0.482. The number of piperidine rings is 1. The van der Waals surface area contributed by atoms with E-state index < -0.39 is 4.92 Å². The molecule has 1 aromatic carbocycles. The molecule has 1 heterocycles. The van der Waals surface area contributed by atoms with Crippen LogP contribution in [0.2, 0.25) is 0 Å². The van der Waals surface area contributed by atoms with E-state index in [4.69, 9.17) is 0 Å². The van der Waals surface area contributed by atoms with Gasteiger partial charge in [-0.15, -0.1) is 0 Å². The van der Waals surface area contributed by atoms with Crippen molar-refractivity contribution in [3.05, 3.63) is 33.9 Å². The normalized spacial score (nSPS) is 18.9. The molecule has 2 rings (SSSR count). The van der Waals surface area contributed by atoms with Gasteiger partial charge in [-0.3, -0.25) is 14.9 Å². The van der Waals surface area contributed by atoms with Crippen LogP contribution in [0.15, 0.2) is 18.2 Å². The molecule has 0 saturated carbocycles. The number of amides is 1. The third-order valence-electron chi connectivity index (χ3n) is 3.84. The van der Waals surface area contributed by atoms with E-state index in [9.17, 15) is 20.0 Å². The molecule has 0 radical (unpaired) electrons. The summed E-state index contributed by atoms with van der Waals surface area (Å²) in [5, 5.41) is 23.1. The first kappa shape index (κ1) is 16.4. The lowest BCUT2D eigenvalue weighted by Gasteiger charge is -2.29. The van der Waals surface area contributed by atoms with E-state index in [1.54, 1.807) is 13.0 Å². The number of benzene rings is 1. The van der Waals surface area contributed by atoms with Crippen LogP contribution in [0.1, 0.15) is 24.8 Å². The number of aliphatic hydroxyl groups is 1. The summed E-state index contributed by atoms with van der Waals surface area (Å²) in [5.74, 6) is -0.177. The number of rotatable bonds is 5. The molecule has 0 aromatic heterocycles. The molecule has 0 aliphatic carbocycles. The number of hydrogen-bond acceptors (Lipinski definition) is 5. The predicted octanol–water partition coefficient (Wildman–Crippen LogP) is 1.69. The van der Waals surface area contributed by atoms with Crippen LogP contribution in [0.3, 0.4) is 0 Å². The Morgan fingerprint density at radius 2 is 2.32 bits per heavy atom. The smallest absolute Gasteiger partial charge is 0.271 e. The van der Waals surface area contributed by atoms with Crippen molar-refractivity contribution in [2.24, 2.45) is 0 Å². The van der Waals surface area contributed by atoms with Gasteiger partial charge in [0, 0.05) is 31.6 Å². The van der Waals surface area contributed by atoms with Gasteiger partial charge in [0.1, 0.15) is 0 Å². The number of anilines is 1. The minimum absolute atomic E-state index is 0.0416. The van der Waals surface area contributed by atoms with E-state index in [1.807, 2.05) is 0 Å². The number of nitrogens with zero attached hydrogens (tertiary/aromatic N) is 2. The van der Waals surface area contributed by atoms with E-state index in [0.29, 0.717) is 25.2 Å². The Balaban J connectivity index is 1.89. The first-order valence-electron chi connectivity index (χ1n) is 7.41. The van der Waals surface area contributed by atoms with Crippen molar-refractivity contribution >= 4 is 17.3 Å². The van der Waals surface area contributed by atoms with Crippen molar-refractivity contribution in [3.8, 4) is 0 Å². The second kappa shape index (κ2) is 7.33. The average Bonchev–Trinajstić information content (AvgIpc) is 2.47. The van der Waals surface area contributed by atoms with Crippen LogP contribution in [-0.4, -0.2) is 46.6 Å². The van der Waals surface area contributed by atoms with Gasteiger partial charge in [-0.25, -0.2) is 0 Å². The fourth-order valence-electron chi connectivity index (χ4n) is 2.56. The lowest BCUT2D eigenvalue weighted by atomic mass is 10.1. The second-order valence-corrected chi connectivity index (χ2v) is 5.65. The van der Waals surface area contributed by atoms with Crippen LogP contribution >= 0.6 is 0 Å². The van der Waals surface area contributed by atoms with Crippen molar-refractivity contribution in [2.45, 2.75) is 32.3 Å². The Labute approximate surface area is 129 Å². The molecule has 1 aliphatic rings. The zero-order valence-electron chi connectivity index (χ0n) is 12.6. The Morgan fingerprint density at radius 1 is 1.55 bits per heavy atom. The number of β-amino-alcohol motifs (C(OH)–C–C–N with tert-alkyl or cyclic N) is 1. The Hall–Kier alpha value is -1.99. The summed E-state index contributed by atoms with van der Waals surface area (Å²) in [4.78, 5) is 24.4. The number of aliphatic hydroxyl groups excluding tert-OH is 1. The van der Waals surface area contributed by atoms with Crippen molar-refractivity contribution in [1.82, 2.24) is 4.90 Å². The topological polar surface area (TPSA) is 95.7 Å². The number of likely N-dealkylation sites (tertiary alicyclic amines) is 1.